The van der Waals surface area contributed by atoms with Crippen LogP contribution in [0.15, 0.2) is 70.3 Å². The number of esters is 2. The van der Waals surface area contributed by atoms with Gasteiger partial charge >= 0.3 is 17.6 Å². The van der Waals surface area contributed by atoms with Gasteiger partial charge in [0.25, 0.3) is 5.56 Å². The van der Waals surface area contributed by atoms with Crippen LogP contribution in [0.5, 0.6) is 0 Å². The number of Topliss-reactive ketones (excluding diaryl/α,β-unsaturated/α-hetero) is 1. The highest BCUT2D eigenvalue weighted by atomic mass is 35.5. The summed E-state index contributed by atoms with van der Waals surface area (Å²) >= 11 is 5.82. The molecule has 0 bridgehead atoms. The largest absolute Gasteiger partial charge is 0.468 e. The molecule has 0 spiro atoms. The summed E-state index contributed by atoms with van der Waals surface area (Å²) in [6.07, 6.45) is 2.56. The number of nitrogen functional groups attached to an aromatic ring is 1. The van der Waals surface area contributed by atoms with Crippen molar-refractivity contribution in [1.82, 2.24) is 9.13 Å². The number of carbonyl (C=O) groups is 3. The van der Waals surface area contributed by atoms with Gasteiger partial charge in [-0.05, 0) is 29.3 Å². The average molecular weight is 512 g/mol. The summed E-state index contributed by atoms with van der Waals surface area (Å²) in [5, 5.41) is 0.532. The van der Waals surface area contributed by atoms with Gasteiger partial charge < -0.3 is 15.2 Å². The predicted molar refractivity (Wildman–Crippen MR) is 133 cm³/mol. The Bertz CT molecular complexity index is 1420. The van der Waals surface area contributed by atoms with Crippen LogP contribution in [-0.2, 0) is 32.2 Å². The highest BCUT2D eigenvalue weighted by molar-refractivity contribution is 6.30. The molecule has 2 N–H and O–H groups in total. The van der Waals surface area contributed by atoms with E-state index in [9.17, 15) is 24.0 Å². The molecule has 0 saturated heterocycles. The molecule has 0 amide bonds. The normalized spacial score (nSPS) is 10.8. The molecule has 186 valence electrons. The summed E-state index contributed by atoms with van der Waals surface area (Å²) in [5.41, 5.74) is 4.83. The first kappa shape index (κ1) is 26.2. The second-order valence-corrected chi connectivity index (χ2v) is 7.93. The molecular formula is C25H22ClN3O7. The van der Waals surface area contributed by atoms with Gasteiger partial charge in [0.05, 0.1) is 13.7 Å². The van der Waals surface area contributed by atoms with Gasteiger partial charge in [0.1, 0.15) is 17.9 Å². The van der Waals surface area contributed by atoms with E-state index >= 15 is 0 Å². The monoisotopic (exact) mass is 511 g/mol. The first-order chi connectivity index (χ1) is 17.2. The summed E-state index contributed by atoms with van der Waals surface area (Å²) < 4.78 is 11.1. The third kappa shape index (κ3) is 6.36. The van der Waals surface area contributed by atoms with Crippen molar-refractivity contribution in [2.24, 2.45) is 0 Å². The van der Waals surface area contributed by atoms with E-state index in [2.05, 4.69) is 4.74 Å². The minimum Gasteiger partial charge on any atom is -0.468 e. The zero-order chi connectivity index (χ0) is 26.2. The molecule has 0 atom stereocenters. The van der Waals surface area contributed by atoms with Crippen LogP contribution in [-0.4, -0.2) is 40.6 Å². The summed E-state index contributed by atoms with van der Waals surface area (Å²) in [6, 6.07) is 15.3. The molecule has 10 nitrogen and oxygen atoms in total. The van der Waals surface area contributed by atoms with Crippen molar-refractivity contribution in [3.8, 4) is 0 Å². The van der Waals surface area contributed by atoms with Gasteiger partial charge in [0.2, 0.25) is 5.78 Å². The highest BCUT2D eigenvalue weighted by Gasteiger charge is 2.25. The fourth-order valence-electron chi connectivity index (χ4n) is 3.22. The van der Waals surface area contributed by atoms with Crippen molar-refractivity contribution in [3.05, 3.63) is 103 Å². The molecule has 0 unspecified atom stereocenters. The van der Waals surface area contributed by atoms with E-state index in [1.165, 1.54) is 6.08 Å². The number of halogens is 1. The number of ketones is 1. The van der Waals surface area contributed by atoms with Crippen molar-refractivity contribution < 1.29 is 23.9 Å². The zero-order valence-corrected chi connectivity index (χ0v) is 19.9. The molecule has 0 aliphatic carbocycles. The lowest BCUT2D eigenvalue weighted by Crippen LogP contribution is -2.46. The van der Waals surface area contributed by atoms with Crippen LogP contribution in [0.1, 0.15) is 21.5 Å². The fourth-order valence-corrected chi connectivity index (χ4v) is 3.35. The molecule has 3 rings (SSSR count). The minimum absolute atomic E-state index is 0.0726. The van der Waals surface area contributed by atoms with Crippen LogP contribution in [0.2, 0.25) is 5.02 Å². The van der Waals surface area contributed by atoms with Gasteiger partial charge in [-0.2, -0.15) is 0 Å². The number of rotatable bonds is 9. The highest BCUT2D eigenvalue weighted by Crippen LogP contribution is 2.12. The lowest BCUT2D eigenvalue weighted by molar-refractivity contribution is -0.141. The summed E-state index contributed by atoms with van der Waals surface area (Å²) in [6.45, 7) is -1.62. The summed E-state index contributed by atoms with van der Waals surface area (Å²) in [4.78, 5) is 62.7. The van der Waals surface area contributed by atoms with Gasteiger partial charge in [-0.3, -0.25) is 19.0 Å². The molecule has 3 aromatic rings. The molecule has 1 heterocycles. The van der Waals surface area contributed by atoms with Gasteiger partial charge in [-0.15, -0.1) is 0 Å². The number of hydrogen-bond acceptors (Lipinski definition) is 8. The fraction of sp³-hybridized carbons (Fsp3) is 0.160. The maximum Gasteiger partial charge on any atom is 0.333 e. The number of anilines is 1. The van der Waals surface area contributed by atoms with E-state index in [4.69, 9.17) is 22.1 Å². The maximum atomic E-state index is 13.0. The van der Waals surface area contributed by atoms with E-state index in [1.807, 2.05) is 0 Å². The van der Waals surface area contributed by atoms with Crippen LogP contribution in [0.25, 0.3) is 6.08 Å². The lowest BCUT2D eigenvalue weighted by Gasteiger charge is -2.16. The Morgan fingerprint density at radius 1 is 1.00 bits per heavy atom. The SMILES string of the molecule is COC(=O)Cn1c(=O)c(C(=O)COC(=O)/C=C/c2ccc(Cl)cc2)c(N)n(Cc2ccccc2)c1=O. The van der Waals surface area contributed by atoms with Gasteiger partial charge in [0.15, 0.2) is 6.61 Å². The van der Waals surface area contributed by atoms with E-state index < -0.39 is 53.5 Å². The molecule has 2 aromatic carbocycles. The molecule has 36 heavy (non-hydrogen) atoms. The Hall–Kier alpha value is -4.44. The van der Waals surface area contributed by atoms with E-state index in [0.29, 0.717) is 20.7 Å². The molecule has 0 saturated carbocycles. The van der Waals surface area contributed by atoms with Crippen LogP contribution >= 0.6 is 11.6 Å². The molecule has 0 aliphatic rings. The van der Waals surface area contributed by atoms with Gasteiger partial charge in [-0.1, -0.05) is 54.1 Å². The quantitative estimate of drug-likeness (QED) is 0.261. The minimum atomic E-state index is -1.09. The molecule has 0 aliphatic heterocycles. The van der Waals surface area contributed by atoms with Crippen LogP contribution in [0.3, 0.4) is 0 Å². The van der Waals surface area contributed by atoms with Crippen LogP contribution in [0.4, 0.5) is 5.82 Å². The Morgan fingerprint density at radius 3 is 2.31 bits per heavy atom. The second-order valence-electron chi connectivity index (χ2n) is 7.50. The first-order valence-corrected chi connectivity index (χ1v) is 11.0. The average Bonchev–Trinajstić information content (AvgIpc) is 2.88. The van der Waals surface area contributed by atoms with Crippen molar-refractivity contribution in [1.29, 1.82) is 0 Å². The molecular weight excluding hydrogens is 490 g/mol. The first-order valence-electron chi connectivity index (χ1n) is 10.6. The number of aromatic nitrogens is 2. The van der Waals surface area contributed by atoms with Crippen LogP contribution in [0, 0.1) is 0 Å². The third-order valence-electron chi connectivity index (χ3n) is 5.07. The molecule has 0 radical (unpaired) electrons. The van der Waals surface area contributed by atoms with Crippen molar-refractivity contribution in [2.75, 3.05) is 19.5 Å². The Labute approximate surface area is 210 Å². The third-order valence-corrected chi connectivity index (χ3v) is 5.32. The Balaban J connectivity index is 1.89. The van der Waals surface area contributed by atoms with Crippen LogP contribution < -0.4 is 17.0 Å². The van der Waals surface area contributed by atoms with Crippen molar-refractivity contribution in [3.63, 3.8) is 0 Å². The van der Waals surface area contributed by atoms with Crippen molar-refractivity contribution >= 4 is 41.2 Å². The van der Waals surface area contributed by atoms with E-state index in [1.54, 1.807) is 54.6 Å². The number of carbonyl (C=O) groups excluding carboxylic acids is 3. The van der Waals surface area contributed by atoms with E-state index in [-0.39, 0.29) is 6.54 Å². The van der Waals surface area contributed by atoms with Gasteiger partial charge in [0, 0.05) is 11.1 Å². The smallest absolute Gasteiger partial charge is 0.333 e. The maximum absolute atomic E-state index is 13.0. The molecule has 0 fully saturated rings. The molecule has 1 aromatic heterocycles. The summed E-state index contributed by atoms with van der Waals surface area (Å²) in [7, 11) is 1.09. The number of nitrogens with two attached hydrogens (primary N) is 1. The standard InChI is InChI=1S/C25H22ClN3O7/c1-35-21(32)14-29-24(33)22(23(27)28(25(29)34)13-17-5-3-2-4-6-17)19(30)15-36-20(31)12-9-16-7-10-18(26)11-8-16/h2-12H,13-15,27H2,1H3/b12-9+. The number of ether oxygens (including phenoxy) is 2. The lowest BCUT2D eigenvalue weighted by atomic mass is 10.1. The Kier molecular flexibility index (Phi) is 8.58. The number of methoxy groups -OCH3 is 1. The van der Waals surface area contributed by atoms with E-state index in [0.717, 1.165) is 17.8 Å². The van der Waals surface area contributed by atoms with Gasteiger partial charge in [-0.25, -0.2) is 14.2 Å². The van der Waals surface area contributed by atoms with Crippen molar-refractivity contribution in [2.45, 2.75) is 13.1 Å². The Morgan fingerprint density at radius 2 is 1.67 bits per heavy atom. The zero-order valence-electron chi connectivity index (χ0n) is 19.2. The topological polar surface area (TPSA) is 140 Å². The number of hydrogen-bond donors (Lipinski definition) is 1. The molecule has 11 heteroatoms. The predicted octanol–water partition coefficient (Wildman–Crippen LogP) is 1.91. The number of benzene rings is 2. The summed E-state index contributed by atoms with van der Waals surface area (Å²) in [5.74, 6) is -3.06. The second kappa shape index (κ2) is 11.8. The number of nitrogens with zero attached hydrogens (tertiary/aromatic N) is 2.